The summed E-state index contributed by atoms with van der Waals surface area (Å²) in [5.41, 5.74) is 0.963. The van der Waals surface area contributed by atoms with Gasteiger partial charge in [0.15, 0.2) is 0 Å². The van der Waals surface area contributed by atoms with E-state index >= 15 is 0 Å². The van der Waals surface area contributed by atoms with Gasteiger partial charge in [-0.15, -0.1) is 0 Å². The summed E-state index contributed by atoms with van der Waals surface area (Å²) in [6.07, 6.45) is 1.01. The van der Waals surface area contributed by atoms with E-state index in [1.165, 1.54) is 12.1 Å². The van der Waals surface area contributed by atoms with Gasteiger partial charge in [-0.25, -0.2) is 4.39 Å². The molecule has 2 nitrogen and oxygen atoms in total. The Morgan fingerprint density at radius 3 is 2.50 bits per heavy atom. The molecule has 2 rings (SSSR count). The van der Waals surface area contributed by atoms with E-state index in [9.17, 15) is 9.18 Å². The highest BCUT2D eigenvalue weighted by Gasteiger charge is 2.40. The van der Waals surface area contributed by atoms with E-state index in [2.05, 4.69) is 6.92 Å². The molecular formula is C13H16FNO. The molecule has 1 fully saturated rings. The number of nitrogens with zero attached hydrogens (tertiary/aromatic N) is 1. The lowest BCUT2D eigenvalue weighted by atomic mass is 10.2. The van der Waals surface area contributed by atoms with E-state index in [0.717, 1.165) is 12.0 Å². The van der Waals surface area contributed by atoms with Gasteiger partial charge in [0.2, 0.25) is 5.91 Å². The molecule has 1 aromatic carbocycles. The average molecular weight is 221 g/mol. The van der Waals surface area contributed by atoms with Crippen molar-refractivity contribution in [1.82, 2.24) is 4.90 Å². The van der Waals surface area contributed by atoms with Crippen LogP contribution in [0.25, 0.3) is 0 Å². The first-order valence-electron chi connectivity index (χ1n) is 5.57. The zero-order valence-electron chi connectivity index (χ0n) is 9.61. The Kier molecular flexibility index (Phi) is 2.95. The molecule has 0 radical (unpaired) electrons. The van der Waals surface area contributed by atoms with E-state index in [1.807, 2.05) is 0 Å². The van der Waals surface area contributed by atoms with Gasteiger partial charge >= 0.3 is 0 Å². The van der Waals surface area contributed by atoms with Gasteiger partial charge in [-0.1, -0.05) is 19.1 Å². The molecule has 1 saturated carbocycles. The molecule has 0 aliphatic heterocycles. The van der Waals surface area contributed by atoms with Gasteiger partial charge in [-0.3, -0.25) is 4.79 Å². The fourth-order valence-corrected chi connectivity index (χ4v) is 1.89. The highest BCUT2D eigenvalue weighted by Crippen LogP contribution is 2.39. The fourth-order valence-electron chi connectivity index (χ4n) is 1.89. The Bertz CT molecular complexity index is 387. The fraction of sp³-hybridized carbons (Fsp3) is 0.462. The van der Waals surface area contributed by atoms with Crippen molar-refractivity contribution in [2.45, 2.75) is 19.9 Å². The summed E-state index contributed by atoms with van der Waals surface area (Å²) in [6.45, 7) is 2.65. The van der Waals surface area contributed by atoms with Crippen molar-refractivity contribution in [3.05, 3.63) is 35.6 Å². The van der Waals surface area contributed by atoms with Crippen LogP contribution in [0.5, 0.6) is 0 Å². The molecule has 0 saturated heterocycles. The maximum atomic E-state index is 12.7. The van der Waals surface area contributed by atoms with Crippen LogP contribution in [0.3, 0.4) is 0 Å². The number of carbonyl (C=O) groups excluding carboxylic acids is 1. The zero-order chi connectivity index (χ0) is 11.7. The van der Waals surface area contributed by atoms with Crippen molar-refractivity contribution in [2.24, 2.45) is 11.8 Å². The van der Waals surface area contributed by atoms with Crippen LogP contribution < -0.4 is 0 Å². The number of hydrogen-bond acceptors (Lipinski definition) is 1. The second-order valence-corrected chi connectivity index (χ2v) is 4.64. The first-order chi connectivity index (χ1) is 7.58. The van der Waals surface area contributed by atoms with Crippen LogP contribution in [-0.4, -0.2) is 17.9 Å². The number of hydrogen-bond donors (Lipinski definition) is 0. The third-order valence-corrected chi connectivity index (χ3v) is 3.14. The summed E-state index contributed by atoms with van der Waals surface area (Å²) >= 11 is 0. The van der Waals surface area contributed by atoms with Crippen LogP contribution in [0.2, 0.25) is 0 Å². The summed E-state index contributed by atoms with van der Waals surface area (Å²) < 4.78 is 12.7. The summed E-state index contributed by atoms with van der Waals surface area (Å²) in [5, 5.41) is 0. The molecule has 86 valence electrons. The molecule has 0 aromatic heterocycles. The maximum absolute atomic E-state index is 12.7. The van der Waals surface area contributed by atoms with Crippen LogP contribution in [-0.2, 0) is 11.3 Å². The topological polar surface area (TPSA) is 20.3 Å². The molecule has 0 bridgehead atoms. The maximum Gasteiger partial charge on any atom is 0.226 e. The Morgan fingerprint density at radius 2 is 2.00 bits per heavy atom. The number of halogens is 1. The molecule has 2 atom stereocenters. The minimum atomic E-state index is -0.242. The minimum absolute atomic E-state index is 0.205. The Labute approximate surface area is 95.1 Å². The highest BCUT2D eigenvalue weighted by atomic mass is 19.1. The smallest absolute Gasteiger partial charge is 0.226 e. The van der Waals surface area contributed by atoms with E-state index in [-0.39, 0.29) is 17.6 Å². The van der Waals surface area contributed by atoms with Crippen molar-refractivity contribution in [3.63, 3.8) is 0 Å². The molecule has 0 spiro atoms. The summed E-state index contributed by atoms with van der Waals surface area (Å²) in [5.74, 6) is 0.707. The molecule has 0 heterocycles. The number of amides is 1. The van der Waals surface area contributed by atoms with Crippen LogP contribution in [0.4, 0.5) is 4.39 Å². The molecule has 2 unspecified atom stereocenters. The number of benzene rings is 1. The zero-order valence-corrected chi connectivity index (χ0v) is 9.61. The van der Waals surface area contributed by atoms with Crippen molar-refractivity contribution >= 4 is 5.91 Å². The van der Waals surface area contributed by atoms with Crippen LogP contribution in [0.1, 0.15) is 18.9 Å². The van der Waals surface area contributed by atoms with Gasteiger partial charge in [0.25, 0.3) is 0 Å². The van der Waals surface area contributed by atoms with E-state index < -0.39 is 0 Å². The standard InChI is InChI=1S/C13H16FNO/c1-9-7-12(9)13(16)15(2)8-10-3-5-11(14)6-4-10/h3-6,9,12H,7-8H2,1-2H3. The first kappa shape index (κ1) is 11.1. The van der Waals surface area contributed by atoms with Gasteiger partial charge < -0.3 is 4.90 Å². The molecule has 1 aromatic rings. The normalized spacial score (nSPS) is 22.9. The van der Waals surface area contributed by atoms with Gasteiger partial charge in [0.1, 0.15) is 5.82 Å². The summed E-state index contributed by atoms with van der Waals surface area (Å²) in [4.78, 5) is 13.6. The third-order valence-electron chi connectivity index (χ3n) is 3.14. The van der Waals surface area contributed by atoms with Gasteiger partial charge in [-0.2, -0.15) is 0 Å². The first-order valence-corrected chi connectivity index (χ1v) is 5.57. The third kappa shape index (κ3) is 2.40. The molecule has 16 heavy (non-hydrogen) atoms. The molecule has 1 amide bonds. The van der Waals surface area contributed by atoms with E-state index in [4.69, 9.17) is 0 Å². The van der Waals surface area contributed by atoms with Crippen molar-refractivity contribution in [1.29, 1.82) is 0 Å². The molecule has 0 N–H and O–H groups in total. The van der Waals surface area contributed by atoms with Crippen molar-refractivity contribution in [2.75, 3.05) is 7.05 Å². The van der Waals surface area contributed by atoms with E-state index in [1.54, 1.807) is 24.1 Å². The van der Waals surface area contributed by atoms with E-state index in [0.29, 0.717) is 12.5 Å². The molecular weight excluding hydrogens is 205 g/mol. The lowest BCUT2D eigenvalue weighted by molar-refractivity contribution is -0.132. The van der Waals surface area contributed by atoms with Gasteiger partial charge in [0.05, 0.1) is 0 Å². The predicted molar refractivity (Wildman–Crippen MR) is 60.1 cm³/mol. The Morgan fingerprint density at radius 1 is 1.44 bits per heavy atom. The predicted octanol–water partition coefficient (Wildman–Crippen LogP) is 2.44. The summed E-state index contributed by atoms with van der Waals surface area (Å²) in [7, 11) is 1.80. The van der Waals surface area contributed by atoms with Crippen molar-refractivity contribution in [3.8, 4) is 0 Å². The molecule has 3 heteroatoms. The lowest BCUT2D eigenvalue weighted by Gasteiger charge is -2.17. The number of rotatable bonds is 3. The SMILES string of the molecule is CC1CC1C(=O)N(C)Cc1ccc(F)cc1. The van der Waals surface area contributed by atoms with Crippen LogP contribution >= 0.6 is 0 Å². The van der Waals surface area contributed by atoms with Gasteiger partial charge in [0, 0.05) is 19.5 Å². The van der Waals surface area contributed by atoms with Crippen LogP contribution in [0, 0.1) is 17.7 Å². The monoisotopic (exact) mass is 221 g/mol. The lowest BCUT2D eigenvalue weighted by Crippen LogP contribution is -2.28. The highest BCUT2D eigenvalue weighted by molar-refractivity contribution is 5.81. The molecule has 1 aliphatic rings. The largest absolute Gasteiger partial charge is 0.341 e. The Hall–Kier alpha value is -1.38. The Balaban J connectivity index is 1.94. The van der Waals surface area contributed by atoms with Gasteiger partial charge in [-0.05, 0) is 30.0 Å². The second-order valence-electron chi connectivity index (χ2n) is 4.64. The minimum Gasteiger partial charge on any atom is -0.341 e. The average Bonchev–Trinajstić information content (AvgIpc) is 2.98. The van der Waals surface area contributed by atoms with Crippen LogP contribution in [0.15, 0.2) is 24.3 Å². The molecule has 1 aliphatic carbocycles. The second kappa shape index (κ2) is 4.24. The van der Waals surface area contributed by atoms with Crippen molar-refractivity contribution < 1.29 is 9.18 Å². The number of carbonyl (C=O) groups is 1. The summed E-state index contributed by atoms with van der Waals surface area (Å²) in [6, 6.07) is 6.28. The quantitative estimate of drug-likeness (QED) is 0.767.